The van der Waals surface area contributed by atoms with Gasteiger partial charge < -0.3 is 21.1 Å². The van der Waals surface area contributed by atoms with Crippen LogP contribution >= 0.6 is 0 Å². The number of hydrogen-bond acceptors (Lipinski definition) is 4. The minimum Gasteiger partial charge on any atom is -0.481 e. The van der Waals surface area contributed by atoms with Gasteiger partial charge in [-0.05, 0) is 20.8 Å². The molecule has 0 aromatic heterocycles. The van der Waals surface area contributed by atoms with E-state index in [1.165, 1.54) is 0 Å². The number of carbonyl (C=O) groups excluding carboxylic acids is 2. The molecule has 7 nitrogen and oxygen atoms in total. The van der Waals surface area contributed by atoms with Crippen LogP contribution in [0, 0.1) is 0 Å². The maximum Gasteiger partial charge on any atom is 0.305 e. The Bertz CT molecular complexity index is 315. The molecule has 0 aromatic rings. The van der Waals surface area contributed by atoms with E-state index in [1.807, 2.05) is 13.8 Å². The molecule has 0 aliphatic heterocycles. The fourth-order valence-corrected chi connectivity index (χ4v) is 1.47. The number of carbonyl (C=O) groups is 3. The second-order valence-electron chi connectivity index (χ2n) is 3.95. The number of nitrogens with one attached hydrogen (secondary N) is 1. The van der Waals surface area contributed by atoms with Crippen LogP contribution in [0.2, 0.25) is 0 Å². The molecule has 0 aliphatic carbocycles. The van der Waals surface area contributed by atoms with Crippen LogP contribution in [0.5, 0.6) is 0 Å². The molecule has 2 amide bonds. The van der Waals surface area contributed by atoms with Gasteiger partial charge in [0, 0.05) is 13.1 Å². The first-order valence-electron chi connectivity index (χ1n) is 5.89. The Morgan fingerprint density at radius 2 is 1.78 bits per heavy atom. The molecule has 0 heterocycles. The van der Waals surface area contributed by atoms with Gasteiger partial charge in [-0.3, -0.25) is 14.4 Å². The Hall–Kier alpha value is -1.63. The molecule has 7 heteroatoms. The lowest BCUT2D eigenvalue weighted by Crippen LogP contribution is -2.51. The molecule has 0 fully saturated rings. The number of aliphatic carboxylic acids is 1. The van der Waals surface area contributed by atoms with Crippen molar-refractivity contribution < 1.29 is 19.5 Å². The normalized spacial score (nSPS) is 13.6. The van der Waals surface area contributed by atoms with Gasteiger partial charge in [0.2, 0.25) is 11.8 Å². The van der Waals surface area contributed by atoms with Crippen molar-refractivity contribution in [3.05, 3.63) is 0 Å². The highest BCUT2D eigenvalue weighted by Crippen LogP contribution is 1.96. The number of nitrogens with zero attached hydrogens (tertiary/aromatic N) is 1. The summed E-state index contributed by atoms with van der Waals surface area (Å²) in [4.78, 5) is 35.3. The predicted molar refractivity (Wildman–Crippen MR) is 65.8 cm³/mol. The van der Waals surface area contributed by atoms with E-state index < -0.39 is 30.4 Å². The molecule has 0 bridgehead atoms. The van der Waals surface area contributed by atoms with Crippen molar-refractivity contribution in [1.82, 2.24) is 10.2 Å². The lowest BCUT2D eigenvalue weighted by atomic mass is 10.2. The molecule has 0 radical (unpaired) electrons. The third-order valence-corrected chi connectivity index (χ3v) is 2.54. The van der Waals surface area contributed by atoms with Gasteiger partial charge in [-0.2, -0.15) is 0 Å². The van der Waals surface area contributed by atoms with E-state index >= 15 is 0 Å². The molecule has 0 saturated carbocycles. The summed E-state index contributed by atoms with van der Waals surface area (Å²) in [5.41, 5.74) is 5.39. The fraction of sp³-hybridized carbons (Fsp3) is 0.727. The van der Waals surface area contributed by atoms with Crippen molar-refractivity contribution in [2.24, 2.45) is 5.73 Å². The monoisotopic (exact) mass is 259 g/mol. The number of hydrogen-bond donors (Lipinski definition) is 3. The molecular weight excluding hydrogens is 238 g/mol. The zero-order chi connectivity index (χ0) is 14.3. The van der Waals surface area contributed by atoms with Crippen LogP contribution in [0.4, 0.5) is 0 Å². The Morgan fingerprint density at radius 1 is 1.28 bits per heavy atom. The summed E-state index contributed by atoms with van der Waals surface area (Å²) in [5.74, 6) is -2.00. The van der Waals surface area contributed by atoms with Crippen molar-refractivity contribution in [2.45, 2.75) is 39.3 Å². The second-order valence-corrected chi connectivity index (χ2v) is 3.95. The Kier molecular flexibility index (Phi) is 6.96. The molecule has 18 heavy (non-hydrogen) atoms. The molecule has 4 N–H and O–H groups in total. The topological polar surface area (TPSA) is 113 Å². The highest BCUT2D eigenvalue weighted by Gasteiger charge is 2.23. The average molecular weight is 259 g/mol. The maximum absolute atomic E-state index is 11.8. The van der Waals surface area contributed by atoms with Gasteiger partial charge in [0.25, 0.3) is 0 Å². The van der Waals surface area contributed by atoms with E-state index in [9.17, 15) is 14.4 Å². The Labute approximate surface area is 106 Å². The number of rotatable bonds is 7. The summed E-state index contributed by atoms with van der Waals surface area (Å²) in [7, 11) is 0. The minimum atomic E-state index is -1.15. The largest absolute Gasteiger partial charge is 0.481 e. The first-order valence-corrected chi connectivity index (χ1v) is 5.89. The molecule has 0 aliphatic rings. The van der Waals surface area contributed by atoms with Gasteiger partial charge in [-0.15, -0.1) is 0 Å². The zero-order valence-electron chi connectivity index (χ0n) is 11.0. The average Bonchev–Trinajstić information content (AvgIpc) is 2.29. The first-order chi connectivity index (χ1) is 8.33. The lowest BCUT2D eigenvalue weighted by Gasteiger charge is -2.24. The van der Waals surface area contributed by atoms with Crippen LogP contribution in [0.25, 0.3) is 0 Å². The van der Waals surface area contributed by atoms with Crippen molar-refractivity contribution >= 4 is 17.8 Å². The molecular formula is C11H21N3O4. The molecule has 104 valence electrons. The highest BCUT2D eigenvalue weighted by atomic mass is 16.4. The quantitative estimate of drug-likeness (QED) is 0.552. The van der Waals surface area contributed by atoms with E-state index in [-0.39, 0.29) is 5.91 Å². The van der Waals surface area contributed by atoms with E-state index in [4.69, 9.17) is 10.8 Å². The van der Waals surface area contributed by atoms with Gasteiger partial charge in [0.15, 0.2) is 0 Å². The summed E-state index contributed by atoms with van der Waals surface area (Å²) in [6, 6.07) is -1.85. The third kappa shape index (κ3) is 5.13. The molecule has 2 unspecified atom stereocenters. The third-order valence-electron chi connectivity index (χ3n) is 2.54. The SMILES string of the molecule is CCN(CC)C(=O)C(C)NC(=O)C(N)CC(=O)O. The van der Waals surface area contributed by atoms with Crippen molar-refractivity contribution in [1.29, 1.82) is 0 Å². The van der Waals surface area contributed by atoms with E-state index in [2.05, 4.69) is 5.32 Å². The molecule has 0 spiro atoms. The van der Waals surface area contributed by atoms with E-state index in [1.54, 1.807) is 11.8 Å². The van der Waals surface area contributed by atoms with Gasteiger partial charge in [0.1, 0.15) is 6.04 Å². The lowest BCUT2D eigenvalue weighted by molar-refractivity contribution is -0.140. The van der Waals surface area contributed by atoms with Crippen molar-refractivity contribution in [3.63, 3.8) is 0 Å². The van der Waals surface area contributed by atoms with Crippen LogP contribution in [0.3, 0.4) is 0 Å². The van der Waals surface area contributed by atoms with Crippen LogP contribution in [-0.2, 0) is 14.4 Å². The predicted octanol–water partition coefficient (Wildman–Crippen LogP) is -0.838. The number of likely N-dealkylation sites (N-methyl/N-ethyl adjacent to an activating group) is 1. The smallest absolute Gasteiger partial charge is 0.305 e. The van der Waals surface area contributed by atoms with Gasteiger partial charge in [-0.25, -0.2) is 0 Å². The van der Waals surface area contributed by atoms with Crippen molar-refractivity contribution in [2.75, 3.05) is 13.1 Å². The zero-order valence-corrected chi connectivity index (χ0v) is 11.0. The highest BCUT2D eigenvalue weighted by molar-refractivity contribution is 5.91. The van der Waals surface area contributed by atoms with Crippen LogP contribution in [0.1, 0.15) is 27.2 Å². The van der Waals surface area contributed by atoms with Crippen molar-refractivity contribution in [3.8, 4) is 0 Å². The Morgan fingerprint density at radius 3 is 2.17 bits per heavy atom. The molecule has 0 aromatic carbocycles. The maximum atomic E-state index is 11.8. The van der Waals surface area contributed by atoms with E-state index in [0.717, 1.165) is 0 Å². The summed E-state index contributed by atoms with van der Waals surface area (Å²) in [5, 5.41) is 10.9. The van der Waals surface area contributed by atoms with Gasteiger partial charge in [0.05, 0.1) is 12.5 Å². The molecule has 0 saturated heterocycles. The number of nitrogens with two attached hydrogens (primary N) is 1. The molecule has 0 rings (SSSR count). The standard InChI is InChI=1S/C11H21N3O4/c1-4-14(5-2)11(18)7(3)13-10(17)8(12)6-9(15)16/h7-8H,4-6,12H2,1-3H3,(H,13,17)(H,15,16). The van der Waals surface area contributed by atoms with Crippen LogP contribution in [0.15, 0.2) is 0 Å². The van der Waals surface area contributed by atoms with Gasteiger partial charge in [-0.1, -0.05) is 0 Å². The minimum absolute atomic E-state index is 0.212. The fourth-order valence-electron chi connectivity index (χ4n) is 1.47. The van der Waals surface area contributed by atoms with Crippen LogP contribution < -0.4 is 11.1 Å². The first kappa shape index (κ1) is 16.4. The second kappa shape index (κ2) is 7.65. The van der Waals surface area contributed by atoms with Gasteiger partial charge >= 0.3 is 5.97 Å². The number of amides is 2. The summed E-state index contributed by atoms with van der Waals surface area (Å²) >= 11 is 0. The van der Waals surface area contributed by atoms with Crippen LogP contribution in [-0.4, -0.2) is 53.0 Å². The molecule has 2 atom stereocenters. The van der Waals surface area contributed by atoms with E-state index in [0.29, 0.717) is 13.1 Å². The number of carboxylic acid groups (broad SMARTS) is 1. The number of carboxylic acids is 1. The summed E-state index contributed by atoms with van der Waals surface area (Å²) in [6.07, 6.45) is -0.460. The summed E-state index contributed by atoms with van der Waals surface area (Å²) in [6.45, 7) is 6.33. The summed E-state index contributed by atoms with van der Waals surface area (Å²) < 4.78 is 0. The Balaban J connectivity index is 4.38.